The molecule has 0 bridgehead atoms. The molecule has 3 rings (SSSR count). The van der Waals surface area contributed by atoms with Crippen LogP contribution < -0.4 is 0 Å². The molecule has 0 saturated carbocycles. The van der Waals surface area contributed by atoms with Crippen molar-refractivity contribution in [2.75, 3.05) is 19.8 Å². The van der Waals surface area contributed by atoms with Gasteiger partial charge in [-0.15, -0.1) is 0 Å². The number of aryl methyl sites for hydroxylation is 2. The molecule has 2 aromatic carbocycles. The highest BCUT2D eigenvalue weighted by Crippen LogP contribution is 2.34. The maximum Gasteiger partial charge on any atom is 0.0702 e. The fourth-order valence-corrected chi connectivity index (χ4v) is 3.12. The molecule has 2 nitrogen and oxygen atoms in total. The second-order valence-corrected chi connectivity index (χ2v) is 5.81. The maximum atomic E-state index is 8.84. The van der Waals surface area contributed by atoms with E-state index >= 15 is 0 Å². The number of hydrogen-bond donors (Lipinski definition) is 1. The van der Waals surface area contributed by atoms with E-state index in [-0.39, 0.29) is 6.61 Å². The molecule has 0 amide bonds. The Morgan fingerprint density at radius 3 is 2.64 bits per heavy atom. The Morgan fingerprint density at radius 2 is 1.82 bits per heavy atom. The van der Waals surface area contributed by atoms with Gasteiger partial charge < -0.3 is 9.84 Å². The number of hydrogen-bond acceptors (Lipinski definition) is 2. The highest BCUT2D eigenvalue weighted by Gasteiger charge is 2.17. The van der Waals surface area contributed by atoms with Crippen molar-refractivity contribution in [3.63, 3.8) is 0 Å². The van der Waals surface area contributed by atoms with Crippen LogP contribution in [-0.4, -0.2) is 24.9 Å². The average molecular weight is 315 g/mol. The van der Waals surface area contributed by atoms with Crippen LogP contribution in [0.1, 0.15) is 22.3 Å². The molecule has 0 unspecified atom stereocenters. The highest BCUT2D eigenvalue weighted by atomic mass is 35.5. The van der Waals surface area contributed by atoms with Gasteiger partial charge in [0.25, 0.3) is 0 Å². The summed E-state index contributed by atoms with van der Waals surface area (Å²) in [5, 5.41) is 9.59. The first-order valence-corrected chi connectivity index (χ1v) is 7.93. The van der Waals surface area contributed by atoms with Crippen LogP contribution in [0.3, 0.4) is 0 Å². The minimum Gasteiger partial charge on any atom is -0.394 e. The Bertz CT molecular complexity index is 692. The van der Waals surface area contributed by atoms with Crippen LogP contribution in [0.25, 0.3) is 5.57 Å². The SMILES string of the molecule is OCCOC/C=C1\c2ccccc2CCc2ccc(Cl)cc21. The molecule has 0 radical (unpaired) electrons. The van der Waals surface area contributed by atoms with Crippen LogP contribution in [0, 0.1) is 0 Å². The molecular formula is C19H19ClO2. The second kappa shape index (κ2) is 7.10. The van der Waals surface area contributed by atoms with E-state index in [1.54, 1.807) is 0 Å². The summed E-state index contributed by atoms with van der Waals surface area (Å²) in [6.45, 7) is 0.881. The van der Waals surface area contributed by atoms with Crippen molar-refractivity contribution in [3.05, 3.63) is 75.8 Å². The van der Waals surface area contributed by atoms with Crippen LogP contribution in [0.4, 0.5) is 0 Å². The van der Waals surface area contributed by atoms with Gasteiger partial charge in [0.2, 0.25) is 0 Å². The zero-order valence-corrected chi connectivity index (χ0v) is 13.1. The minimum atomic E-state index is 0.0438. The smallest absolute Gasteiger partial charge is 0.0702 e. The molecule has 1 N–H and O–H groups in total. The Hall–Kier alpha value is -1.61. The van der Waals surface area contributed by atoms with E-state index in [9.17, 15) is 0 Å². The first-order chi connectivity index (χ1) is 10.8. The number of ether oxygens (including phenoxy) is 1. The predicted octanol–water partition coefficient (Wildman–Crippen LogP) is 3.88. The molecule has 0 fully saturated rings. The monoisotopic (exact) mass is 314 g/mol. The molecule has 1 aliphatic carbocycles. The third-order valence-electron chi connectivity index (χ3n) is 3.97. The van der Waals surface area contributed by atoms with Gasteiger partial charge in [-0.25, -0.2) is 0 Å². The Kier molecular flexibility index (Phi) is 4.94. The van der Waals surface area contributed by atoms with Crippen molar-refractivity contribution in [2.24, 2.45) is 0 Å². The van der Waals surface area contributed by atoms with Crippen LogP contribution in [-0.2, 0) is 17.6 Å². The summed E-state index contributed by atoms with van der Waals surface area (Å²) in [7, 11) is 0. The lowest BCUT2D eigenvalue weighted by atomic mass is 9.94. The van der Waals surface area contributed by atoms with Crippen LogP contribution in [0.2, 0.25) is 5.02 Å². The summed E-state index contributed by atoms with van der Waals surface area (Å²) < 4.78 is 5.43. The summed E-state index contributed by atoms with van der Waals surface area (Å²) in [6.07, 6.45) is 4.13. The summed E-state index contributed by atoms with van der Waals surface area (Å²) in [6, 6.07) is 14.6. The number of aliphatic hydroxyl groups excluding tert-OH is 1. The summed E-state index contributed by atoms with van der Waals surface area (Å²) >= 11 is 6.21. The van der Waals surface area contributed by atoms with Crippen LogP contribution in [0.5, 0.6) is 0 Å². The van der Waals surface area contributed by atoms with Gasteiger partial charge in [-0.1, -0.05) is 48.0 Å². The van der Waals surface area contributed by atoms with E-state index in [4.69, 9.17) is 21.4 Å². The number of aliphatic hydroxyl groups is 1. The van der Waals surface area contributed by atoms with Gasteiger partial charge in [-0.3, -0.25) is 0 Å². The molecule has 0 spiro atoms. The third kappa shape index (κ3) is 3.25. The lowest BCUT2D eigenvalue weighted by molar-refractivity contribution is 0.112. The van der Waals surface area contributed by atoms with E-state index in [0.29, 0.717) is 13.2 Å². The van der Waals surface area contributed by atoms with E-state index in [2.05, 4.69) is 36.4 Å². The topological polar surface area (TPSA) is 29.5 Å². The fraction of sp³-hybridized carbons (Fsp3) is 0.263. The molecular weight excluding hydrogens is 296 g/mol. The summed E-state index contributed by atoms with van der Waals surface area (Å²) in [5.74, 6) is 0. The number of halogens is 1. The first-order valence-electron chi connectivity index (χ1n) is 7.55. The molecule has 1 aliphatic rings. The van der Waals surface area contributed by atoms with Crippen molar-refractivity contribution in [2.45, 2.75) is 12.8 Å². The van der Waals surface area contributed by atoms with Gasteiger partial charge in [0, 0.05) is 5.02 Å². The molecule has 0 aliphatic heterocycles. The fourth-order valence-electron chi connectivity index (χ4n) is 2.94. The average Bonchev–Trinajstić information content (AvgIpc) is 2.69. The van der Waals surface area contributed by atoms with Gasteiger partial charge in [0.15, 0.2) is 0 Å². The lowest BCUT2D eigenvalue weighted by Gasteiger charge is -2.12. The van der Waals surface area contributed by atoms with E-state index in [1.807, 2.05) is 12.1 Å². The van der Waals surface area contributed by atoms with E-state index in [1.165, 1.54) is 27.8 Å². The molecule has 0 saturated heterocycles. The maximum absolute atomic E-state index is 8.84. The molecule has 0 heterocycles. The Morgan fingerprint density at radius 1 is 1.05 bits per heavy atom. The highest BCUT2D eigenvalue weighted by molar-refractivity contribution is 6.30. The Labute approximate surface area is 136 Å². The number of benzene rings is 2. The van der Waals surface area contributed by atoms with Gasteiger partial charge >= 0.3 is 0 Å². The van der Waals surface area contributed by atoms with Crippen molar-refractivity contribution >= 4 is 17.2 Å². The van der Waals surface area contributed by atoms with E-state index < -0.39 is 0 Å². The van der Waals surface area contributed by atoms with E-state index in [0.717, 1.165) is 17.9 Å². The Balaban J connectivity index is 2.06. The quantitative estimate of drug-likeness (QED) is 0.868. The first kappa shape index (κ1) is 15.3. The number of rotatable bonds is 4. The largest absolute Gasteiger partial charge is 0.394 e. The predicted molar refractivity (Wildman–Crippen MR) is 90.3 cm³/mol. The molecule has 2 aromatic rings. The molecule has 22 heavy (non-hydrogen) atoms. The van der Waals surface area contributed by atoms with Gasteiger partial charge in [0.05, 0.1) is 19.8 Å². The normalized spacial score (nSPS) is 15.3. The van der Waals surface area contributed by atoms with Crippen molar-refractivity contribution < 1.29 is 9.84 Å². The number of fused-ring (bicyclic) bond motifs is 2. The van der Waals surface area contributed by atoms with Gasteiger partial charge in [0.1, 0.15) is 0 Å². The van der Waals surface area contributed by atoms with Crippen molar-refractivity contribution in [1.82, 2.24) is 0 Å². The molecule has 3 heteroatoms. The summed E-state index contributed by atoms with van der Waals surface area (Å²) in [4.78, 5) is 0. The van der Waals surface area contributed by atoms with Crippen LogP contribution >= 0.6 is 11.6 Å². The standard InChI is InChI=1S/C19H19ClO2/c20-16-8-7-15-6-5-14-3-1-2-4-17(14)18(19(15)13-16)9-11-22-12-10-21/h1-4,7-9,13,21H,5-6,10-12H2/b18-9+. The van der Waals surface area contributed by atoms with Crippen molar-refractivity contribution in [1.29, 1.82) is 0 Å². The van der Waals surface area contributed by atoms with Gasteiger partial charge in [-0.2, -0.15) is 0 Å². The summed E-state index contributed by atoms with van der Waals surface area (Å²) in [5.41, 5.74) is 6.27. The lowest BCUT2D eigenvalue weighted by Crippen LogP contribution is -2.00. The minimum absolute atomic E-state index is 0.0438. The molecule has 0 atom stereocenters. The zero-order valence-electron chi connectivity index (χ0n) is 12.4. The van der Waals surface area contributed by atoms with Crippen molar-refractivity contribution in [3.8, 4) is 0 Å². The van der Waals surface area contributed by atoms with Crippen LogP contribution in [0.15, 0.2) is 48.5 Å². The van der Waals surface area contributed by atoms with Gasteiger partial charge in [-0.05, 0) is 52.8 Å². The second-order valence-electron chi connectivity index (χ2n) is 5.37. The zero-order chi connectivity index (χ0) is 15.4. The molecule has 114 valence electrons. The molecule has 0 aromatic heterocycles. The third-order valence-corrected chi connectivity index (χ3v) is 4.21.